The van der Waals surface area contributed by atoms with Gasteiger partial charge in [0.05, 0.1) is 13.0 Å². The van der Waals surface area contributed by atoms with Gasteiger partial charge in [-0.3, -0.25) is 4.79 Å². The van der Waals surface area contributed by atoms with Crippen LogP contribution >= 0.6 is 0 Å². The molecule has 1 atom stereocenters. The minimum atomic E-state index is -0.106. The Hall–Kier alpha value is -0.790. The summed E-state index contributed by atoms with van der Waals surface area (Å²) in [6.45, 7) is 3.94. The van der Waals surface area contributed by atoms with Gasteiger partial charge in [-0.05, 0) is 19.8 Å². The van der Waals surface area contributed by atoms with Gasteiger partial charge in [-0.15, -0.1) is 0 Å². The molecule has 0 amide bonds. The molecule has 0 fully saturated rings. The van der Waals surface area contributed by atoms with Crippen LogP contribution in [0.4, 0.5) is 0 Å². The second kappa shape index (κ2) is 5.96. The van der Waals surface area contributed by atoms with Gasteiger partial charge < -0.3 is 4.74 Å². The van der Waals surface area contributed by atoms with E-state index < -0.39 is 0 Å². The van der Waals surface area contributed by atoms with Crippen LogP contribution < -0.4 is 0 Å². The summed E-state index contributed by atoms with van der Waals surface area (Å²) >= 11 is 0. The molecule has 11 heavy (non-hydrogen) atoms. The number of carbonyl (C=O) groups is 1. The normalized spacial score (nSPS) is 13.4. The third-order valence-corrected chi connectivity index (χ3v) is 1.68. The van der Waals surface area contributed by atoms with Gasteiger partial charge in [0.2, 0.25) is 0 Å². The fourth-order valence-corrected chi connectivity index (χ4v) is 0.897. The van der Waals surface area contributed by atoms with Crippen molar-refractivity contribution in [1.82, 2.24) is 0 Å². The van der Waals surface area contributed by atoms with E-state index in [0.29, 0.717) is 0 Å². The summed E-state index contributed by atoms with van der Waals surface area (Å²) in [5, 5.41) is 0. The zero-order valence-electron chi connectivity index (χ0n) is 7.46. The number of allylic oxidation sites excluding steroid dienone is 2. The molecule has 0 N–H and O–H groups in total. The third kappa shape index (κ3) is 3.81. The van der Waals surface area contributed by atoms with E-state index in [1.807, 2.05) is 26.0 Å². The molecule has 2 nitrogen and oxygen atoms in total. The van der Waals surface area contributed by atoms with E-state index in [1.165, 1.54) is 7.11 Å². The summed E-state index contributed by atoms with van der Waals surface area (Å²) < 4.78 is 4.63. The lowest BCUT2D eigenvalue weighted by molar-refractivity contribution is -0.145. The Bertz CT molecular complexity index is 138. The fraction of sp³-hybridized carbons (Fsp3) is 0.667. The highest BCUT2D eigenvalue weighted by molar-refractivity contribution is 5.72. The van der Waals surface area contributed by atoms with Gasteiger partial charge in [0.1, 0.15) is 0 Å². The van der Waals surface area contributed by atoms with Crippen molar-refractivity contribution in [2.45, 2.75) is 26.7 Å². The fourth-order valence-electron chi connectivity index (χ4n) is 0.897. The van der Waals surface area contributed by atoms with Crippen LogP contribution in [0.25, 0.3) is 0 Å². The molecule has 0 saturated carbocycles. The molecule has 0 aromatic rings. The number of methoxy groups -OCH3 is 1. The molecule has 2 heteroatoms. The van der Waals surface area contributed by atoms with E-state index >= 15 is 0 Å². The molecule has 0 saturated heterocycles. The summed E-state index contributed by atoms with van der Waals surface area (Å²) in [6, 6.07) is 0. The van der Waals surface area contributed by atoms with Gasteiger partial charge >= 0.3 is 5.97 Å². The average Bonchev–Trinajstić information content (AvgIpc) is 2.05. The van der Waals surface area contributed by atoms with Crippen molar-refractivity contribution in [3.63, 3.8) is 0 Å². The number of hydrogen-bond acceptors (Lipinski definition) is 2. The van der Waals surface area contributed by atoms with Crippen molar-refractivity contribution < 1.29 is 9.53 Å². The molecule has 0 aliphatic heterocycles. The predicted molar refractivity (Wildman–Crippen MR) is 45.2 cm³/mol. The predicted octanol–water partition coefficient (Wildman–Crippen LogP) is 2.15. The number of rotatable bonds is 4. The Morgan fingerprint density at radius 2 is 2.27 bits per heavy atom. The Morgan fingerprint density at radius 3 is 2.64 bits per heavy atom. The lowest BCUT2D eigenvalue weighted by Crippen LogP contribution is -2.14. The molecule has 0 aromatic carbocycles. The van der Waals surface area contributed by atoms with E-state index in [2.05, 4.69) is 4.74 Å². The zero-order chi connectivity index (χ0) is 8.69. The van der Waals surface area contributed by atoms with Crippen LogP contribution in [0.5, 0.6) is 0 Å². The summed E-state index contributed by atoms with van der Waals surface area (Å²) in [5.41, 5.74) is 0. The van der Waals surface area contributed by atoms with E-state index in [1.54, 1.807) is 0 Å². The first-order chi connectivity index (χ1) is 5.26. The standard InChI is InChI=1S/C9H16O2/c1-4-6-7-8(5-2)9(10)11-3/h4,6,8H,5,7H2,1-3H3. The highest BCUT2D eigenvalue weighted by Crippen LogP contribution is 2.10. The van der Waals surface area contributed by atoms with Crippen molar-refractivity contribution in [2.24, 2.45) is 5.92 Å². The van der Waals surface area contributed by atoms with Gasteiger partial charge in [-0.25, -0.2) is 0 Å². The molecule has 64 valence electrons. The molecular weight excluding hydrogens is 140 g/mol. The molecule has 0 rings (SSSR count). The SMILES string of the molecule is CC=CCC(CC)C(=O)OC. The van der Waals surface area contributed by atoms with Gasteiger partial charge in [0.25, 0.3) is 0 Å². The second-order valence-electron chi connectivity index (χ2n) is 2.43. The first-order valence-electron chi connectivity index (χ1n) is 3.95. The Labute approximate surface area is 68.2 Å². The average molecular weight is 156 g/mol. The van der Waals surface area contributed by atoms with Gasteiger partial charge in [-0.2, -0.15) is 0 Å². The number of ether oxygens (including phenoxy) is 1. The Balaban J connectivity index is 3.84. The van der Waals surface area contributed by atoms with Crippen molar-refractivity contribution in [1.29, 1.82) is 0 Å². The molecule has 0 aliphatic carbocycles. The van der Waals surface area contributed by atoms with Crippen LogP contribution in [0.15, 0.2) is 12.2 Å². The molecule has 0 heterocycles. The Kier molecular flexibility index (Phi) is 5.53. The summed E-state index contributed by atoms with van der Waals surface area (Å²) in [6.07, 6.45) is 5.58. The minimum absolute atomic E-state index is 0.0381. The maximum atomic E-state index is 11.0. The summed E-state index contributed by atoms with van der Waals surface area (Å²) in [7, 11) is 1.43. The molecule has 0 bridgehead atoms. The van der Waals surface area contributed by atoms with Crippen LogP contribution in [-0.2, 0) is 9.53 Å². The van der Waals surface area contributed by atoms with E-state index in [4.69, 9.17) is 0 Å². The second-order valence-corrected chi connectivity index (χ2v) is 2.43. The lowest BCUT2D eigenvalue weighted by Gasteiger charge is -2.08. The van der Waals surface area contributed by atoms with Crippen LogP contribution in [0.2, 0.25) is 0 Å². The highest BCUT2D eigenvalue weighted by Gasteiger charge is 2.14. The summed E-state index contributed by atoms with van der Waals surface area (Å²) in [5.74, 6) is -0.0678. The van der Waals surface area contributed by atoms with Crippen molar-refractivity contribution in [2.75, 3.05) is 7.11 Å². The van der Waals surface area contributed by atoms with Gasteiger partial charge in [0, 0.05) is 0 Å². The number of esters is 1. The minimum Gasteiger partial charge on any atom is -0.469 e. The quantitative estimate of drug-likeness (QED) is 0.460. The van der Waals surface area contributed by atoms with Crippen molar-refractivity contribution in [3.8, 4) is 0 Å². The lowest BCUT2D eigenvalue weighted by atomic mass is 10.0. The first-order valence-corrected chi connectivity index (χ1v) is 3.95. The highest BCUT2D eigenvalue weighted by atomic mass is 16.5. The number of carbonyl (C=O) groups excluding carboxylic acids is 1. The topological polar surface area (TPSA) is 26.3 Å². The van der Waals surface area contributed by atoms with Crippen LogP contribution in [0, 0.1) is 5.92 Å². The monoisotopic (exact) mass is 156 g/mol. The molecule has 0 radical (unpaired) electrons. The summed E-state index contributed by atoms with van der Waals surface area (Å²) in [4.78, 5) is 11.0. The molecule has 0 spiro atoms. The van der Waals surface area contributed by atoms with E-state index in [9.17, 15) is 4.79 Å². The number of hydrogen-bond donors (Lipinski definition) is 0. The largest absolute Gasteiger partial charge is 0.469 e. The third-order valence-electron chi connectivity index (χ3n) is 1.68. The van der Waals surface area contributed by atoms with E-state index in [-0.39, 0.29) is 11.9 Å². The van der Waals surface area contributed by atoms with Crippen LogP contribution in [0.3, 0.4) is 0 Å². The van der Waals surface area contributed by atoms with Crippen molar-refractivity contribution >= 4 is 5.97 Å². The molecule has 0 aliphatic rings. The smallest absolute Gasteiger partial charge is 0.308 e. The molecule has 1 unspecified atom stereocenters. The molecule has 0 aromatic heterocycles. The maximum Gasteiger partial charge on any atom is 0.308 e. The Morgan fingerprint density at radius 1 is 1.64 bits per heavy atom. The van der Waals surface area contributed by atoms with Gasteiger partial charge in [0.15, 0.2) is 0 Å². The van der Waals surface area contributed by atoms with E-state index in [0.717, 1.165) is 12.8 Å². The maximum absolute atomic E-state index is 11.0. The van der Waals surface area contributed by atoms with Crippen LogP contribution in [0.1, 0.15) is 26.7 Å². The van der Waals surface area contributed by atoms with Crippen LogP contribution in [-0.4, -0.2) is 13.1 Å². The van der Waals surface area contributed by atoms with Crippen molar-refractivity contribution in [3.05, 3.63) is 12.2 Å². The van der Waals surface area contributed by atoms with Gasteiger partial charge in [-0.1, -0.05) is 19.1 Å². The zero-order valence-corrected chi connectivity index (χ0v) is 7.46. The first kappa shape index (κ1) is 10.2. The molecular formula is C9H16O2.